The van der Waals surface area contributed by atoms with Crippen molar-refractivity contribution in [3.8, 4) is 5.75 Å². The molecule has 0 amide bonds. The molecule has 1 aromatic carbocycles. The number of hydrogen-bond donors (Lipinski definition) is 3. The number of aromatic nitrogens is 1. The van der Waals surface area contributed by atoms with Gasteiger partial charge in [-0.3, -0.25) is 4.55 Å². The fourth-order valence-corrected chi connectivity index (χ4v) is 2.16. The van der Waals surface area contributed by atoms with Crippen molar-refractivity contribution in [2.75, 3.05) is 5.32 Å². The largest absolute Gasteiger partial charge is 0.478 e. The molecular weight excluding hydrogens is 369 g/mol. The third kappa shape index (κ3) is 5.06. The smallest absolute Gasteiger partial charge is 0.446 e. The zero-order chi connectivity index (χ0) is 18.8. The molecule has 0 atom stereocenters. The van der Waals surface area contributed by atoms with Crippen LogP contribution in [0.1, 0.15) is 15.9 Å². The van der Waals surface area contributed by atoms with Crippen LogP contribution in [0.3, 0.4) is 0 Å². The van der Waals surface area contributed by atoms with Crippen LogP contribution < -0.4 is 9.50 Å². The molecule has 0 fully saturated rings. The summed E-state index contributed by atoms with van der Waals surface area (Å²) in [6, 6.07) is 4.25. The van der Waals surface area contributed by atoms with Crippen molar-refractivity contribution in [2.24, 2.45) is 0 Å². The van der Waals surface area contributed by atoms with Crippen LogP contribution >= 0.6 is 0 Å². The second kappa shape index (κ2) is 6.57. The van der Waals surface area contributed by atoms with E-state index in [1.54, 1.807) is 0 Å². The minimum Gasteiger partial charge on any atom is -0.478 e. The maximum atomic E-state index is 12.9. The summed E-state index contributed by atoms with van der Waals surface area (Å²) in [5, 5.41) is 11.4. The first kappa shape index (κ1) is 18.5. The van der Waals surface area contributed by atoms with Crippen LogP contribution in [-0.2, 0) is 16.6 Å². The second-order valence-corrected chi connectivity index (χ2v) is 5.61. The predicted octanol–water partition coefficient (Wildman–Crippen LogP) is 2.72. The standard InChI is InChI=1S/C13H9F3N2O6S/c14-13(15,16)7-4-8(6-9(5-7)24-25(21,22)23)18-11-10(12(19)20)2-1-3-17-11/h1-6H,(H,17,18)(H,19,20)(H,21,22,23). The maximum absolute atomic E-state index is 12.9. The summed E-state index contributed by atoms with van der Waals surface area (Å²) in [5.41, 5.74) is -1.96. The van der Waals surface area contributed by atoms with Crippen molar-refractivity contribution >= 4 is 27.9 Å². The van der Waals surface area contributed by atoms with E-state index in [9.17, 15) is 26.4 Å². The van der Waals surface area contributed by atoms with Gasteiger partial charge in [0.15, 0.2) is 0 Å². The van der Waals surface area contributed by atoms with Gasteiger partial charge < -0.3 is 14.6 Å². The second-order valence-electron chi connectivity index (χ2n) is 4.58. The van der Waals surface area contributed by atoms with E-state index in [2.05, 4.69) is 14.5 Å². The molecule has 0 saturated carbocycles. The van der Waals surface area contributed by atoms with Crippen molar-refractivity contribution in [3.05, 3.63) is 47.7 Å². The summed E-state index contributed by atoms with van der Waals surface area (Å²) >= 11 is 0. The van der Waals surface area contributed by atoms with Crippen LogP contribution in [-0.4, -0.2) is 29.0 Å². The zero-order valence-corrected chi connectivity index (χ0v) is 12.8. The number of halogens is 3. The predicted molar refractivity (Wildman–Crippen MR) is 78.1 cm³/mol. The van der Waals surface area contributed by atoms with E-state index in [0.717, 1.165) is 6.07 Å². The monoisotopic (exact) mass is 378 g/mol. The Morgan fingerprint density at radius 2 is 1.92 bits per heavy atom. The van der Waals surface area contributed by atoms with Crippen molar-refractivity contribution in [2.45, 2.75) is 6.18 Å². The van der Waals surface area contributed by atoms with Gasteiger partial charge in [0.05, 0.1) is 5.56 Å². The molecule has 2 aromatic rings. The van der Waals surface area contributed by atoms with E-state index in [-0.39, 0.29) is 17.1 Å². The number of carboxylic acids is 1. The molecule has 0 bridgehead atoms. The first-order valence-electron chi connectivity index (χ1n) is 6.30. The Hall–Kier alpha value is -2.86. The molecule has 8 nitrogen and oxygen atoms in total. The number of hydrogen-bond acceptors (Lipinski definition) is 6. The average Bonchev–Trinajstić information content (AvgIpc) is 2.44. The average molecular weight is 378 g/mol. The molecule has 0 spiro atoms. The number of nitrogens with zero attached hydrogens (tertiary/aromatic N) is 1. The number of carbonyl (C=O) groups is 1. The van der Waals surface area contributed by atoms with E-state index in [1.165, 1.54) is 18.3 Å². The van der Waals surface area contributed by atoms with Crippen molar-refractivity contribution in [3.63, 3.8) is 0 Å². The van der Waals surface area contributed by atoms with Crippen molar-refractivity contribution < 1.29 is 40.2 Å². The van der Waals surface area contributed by atoms with Crippen LogP contribution in [0.2, 0.25) is 0 Å². The van der Waals surface area contributed by atoms with E-state index in [0.29, 0.717) is 12.1 Å². The van der Waals surface area contributed by atoms with Crippen LogP contribution in [0.4, 0.5) is 24.7 Å². The summed E-state index contributed by atoms with van der Waals surface area (Å²) in [4.78, 5) is 14.8. The van der Waals surface area contributed by atoms with Crippen LogP contribution in [0.5, 0.6) is 5.75 Å². The Labute approximate surface area is 138 Å². The molecule has 2 rings (SSSR count). The van der Waals surface area contributed by atoms with Gasteiger partial charge in [-0.05, 0) is 24.3 Å². The topological polar surface area (TPSA) is 126 Å². The molecule has 0 aliphatic heterocycles. The highest BCUT2D eigenvalue weighted by Crippen LogP contribution is 2.35. The Bertz CT molecular complexity index is 914. The van der Waals surface area contributed by atoms with Crippen LogP contribution in [0, 0.1) is 0 Å². The number of nitrogens with one attached hydrogen (secondary N) is 1. The first-order chi connectivity index (χ1) is 11.5. The fourth-order valence-electron chi connectivity index (χ4n) is 1.82. The minimum absolute atomic E-state index is 0.271. The van der Waals surface area contributed by atoms with Crippen LogP contribution in [0.25, 0.3) is 0 Å². The fraction of sp³-hybridized carbons (Fsp3) is 0.0769. The zero-order valence-electron chi connectivity index (χ0n) is 12.0. The lowest BCUT2D eigenvalue weighted by Gasteiger charge is -2.13. The summed E-state index contributed by atoms with van der Waals surface area (Å²) in [5.74, 6) is -2.48. The highest BCUT2D eigenvalue weighted by atomic mass is 32.3. The summed E-state index contributed by atoms with van der Waals surface area (Å²) in [6.07, 6.45) is -3.65. The lowest BCUT2D eigenvalue weighted by atomic mass is 10.1. The number of aromatic carboxylic acids is 1. The summed E-state index contributed by atoms with van der Waals surface area (Å²) < 4.78 is 72.9. The quantitative estimate of drug-likeness (QED) is 0.678. The van der Waals surface area contributed by atoms with Gasteiger partial charge in [-0.15, -0.1) is 0 Å². The molecule has 12 heteroatoms. The number of rotatable bonds is 5. The van der Waals surface area contributed by atoms with Gasteiger partial charge in [0.2, 0.25) is 0 Å². The molecule has 0 radical (unpaired) electrons. The third-order valence-corrected chi connectivity index (χ3v) is 3.14. The van der Waals surface area contributed by atoms with Gasteiger partial charge in [0, 0.05) is 18.0 Å². The van der Waals surface area contributed by atoms with Crippen molar-refractivity contribution in [1.29, 1.82) is 0 Å². The van der Waals surface area contributed by atoms with Gasteiger partial charge in [-0.2, -0.15) is 21.6 Å². The van der Waals surface area contributed by atoms with Gasteiger partial charge in [-0.25, -0.2) is 9.78 Å². The normalized spacial score (nSPS) is 11.8. The number of alkyl halides is 3. The summed E-state index contributed by atoms with van der Waals surface area (Å²) in [7, 11) is -5.06. The molecular formula is C13H9F3N2O6S. The number of carboxylic acid groups (broad SMARTS) is 1. The highest BCUT2D eigenvalue weighted by Gasteiger charge is 2.32. The highest BCUT2D eigenvalue weighted by molar-refractivity contribution is 7.81. The number of pyridine rings is 1. The molecule has 0 aliphatic carbocycles. The van der Waals surface area contributed by atoms with E-state index < -0.39 is 33.9 Å². The molecule has 3 N–H and O–H groups in total. The Morgan fingerprint density at radius 1 is 1.24 bits per heavy atom. The van der Waals surface area contributed by atoms with Gasteiger partial charge >= 0.3 is 22.5 Å². The van der Waals surface area contributed by atoms with Gasteiger partial charge in [0.1, 0.15) is 17.1 Å². The Morgan fingerprint density at radius 3 is 2.48 bits per heavy atom. The first-order valence-corrected chi connectivity index (χ1v) is 7.67. The van der Waals surface area contributed by atoms with Gasteiger partial charge in [-0.1, -0.05) is 0 Å². The van der Waals surface area contributed by atoms with Crippen molar-refractivity contribution in [1.82, 2.24) is 4.98 Å². The van der Waals surface area contributed by atoms with Gasteiger partial charge in [0.25, 0.3) is 0 Å². The summed E-state index contributed by atoms with van der Waals surface area (Å²) in [6.45, 7) is 0. The Balaban J connectivity index is 2.50. The number of benzene rings is 1. The lowest BCUT2D eigenvalue weighted by Crippen LogP contribution is -2.11. The maximum Gasteiger partial charge on any atom is 0.446 e. The van der Waals surface area contributed by atoms with Crippen LogP contribution in [0.15, 0.2) is 36.5 Å². The SMILES string of the molecule is O=C(O)c1cccnc1Nc1cc(OS(=O)(=O)O)cc(C(F)(F)F)c1. The molecule has 0 aliphatic rings. The Kier molecular flexibility index (Phi) is 4.85. The minimum atomic E-state index is -5.06. The van der Waals surface area contributed by atoms with E-state index in [1.807, 2.05) is 0 Å². The third-order valence-electron chi connectivity index (χ3n) is 2.74. The molecule has 25 heavy (non-hydrogen) atoms. The molecule has 1 aromatic heterocycles. The molecule has 0 unspecified atom stereocenters. The van der Waals surface area contributed by atoms with E-state index in [4.69, 9.17) is 9.66 Å². The molecule has 1 heterocycles. The lowest BCUT2D eigenvalue weighted by molar-refractivity contribution is -0.137. The number of anilines is 2. The molecule has 134 valence electrons. The molecule has 0 saturated heterocycles. The van der Waals surface area contributed by atoms with E-state index >= 15 is 0 Å².